The summed E-state index contributed by atoms with van der Waals surface area (Å²) in [5.41, 5.74) is 0.854. The van der Waals surface area contributed by atoms with Crippen LogP contribution in [-0.4, -0.2) is 0 Å². The highest BCUT2D eigenvalue weighted by atomic mass is 19.2. The number of rotatable bonds is 4. The second kappa shape index (κ2) is 6.05. The molecule has 0 fully saturated rings. The Kier molecular flexibility index (Phi) is 4.39. The van der Waals surface area contributed by atoms with Crippen molar-refractivity contribution in [1.29, 1.82) is 0 Å². The summed E-state index contributed by atoms with van der Waals surface area (Å²) >= 11 is 0. The van der Waals surface area contributed by atoms with Crippen LogP contribution in [0.4, 0.5) is 17.6 Å². The Bertz CT molecular complexity index is 596. The second-order valence-corrected chi connectivity index (χ2v) is 4.51. The molecule has 1 atom stereocenters. The number of benzene rings is 2. The normalized spacial score (nSPS) is 12.4. The van der Waals surface area contributed by atoms with Crippen molar-refractivity contribution in [3.8, 4) is 0 Å². The van der Waals surface area contributed by atoms with Crippen molar-refractivity contribution in [3.63, 3.8) is 0 Å². The molecule has 0 aliphatic heterocycles. The maximum atomic E-state index is 13.4. The first-order chi connectivity index (χ1) is 9.47. The quantitative estimate of drug-likeness (QED) is 0.658. The van der Waals surface area contributed by atoms with Gasteiger partial charge in [-0.3, -0.25) is 0 Å². The largest absolute Gasteiger partial charge is 0.306 e. The SMILES string of the molecule is CC(NCc1cc(F)c(F)cc1F)c1ccc(F)cc1. The highest BCUT2D eigenvalue weighted by Crippen LogP contribution is 2.17. The molecule has 106 valence electrons. The van der Waals surface area contributed by atoms with E-state index in [9.17, 15) is 17.6 Å². The molecular formula is C15H13F4N. The van der Waals surface area contributed by atoms with Gasteiger partial charge in [-0.25, -0.2) is 17.6 Å². The lowest BCUT2D eigenvalue weighted by Gasteiger charge is -2.14. The summed E-state index contributed by atoms with van der Waals surface area (Å²) in [6, 6.07) is 7.04. The maximum absolute atomic E-state index is 13.4. The molecule has 1 unspecified atom stereocenters. The van der Waals surface area contributed by atoms with Crippen LogP contribution in [0.3, 0.4) is 0 Å². The minimum atomic E-state index is -1.21. The molecule has 1 nitrogen and oxygen atoms in total. The number of hydrogen-bond acceptors (Lipinski definition) is 1. The first-order valence-corrected chi connectivity index (χ1v) is 6.09. The molecule has 0 aliphatic carbocycles. The number of hydrogen-bond donors (Lipinski definition) is 1. The van der Waals surface area contributed by atoms with E-state index in [2.05, 4.69) is 5.32 Å². The molecule has 2 rings (SSSR count). The molecule has 0 bridgehead atoms. The van der Waals surface area contributed by atoms with Gasteiger partial charge in [0.1, 0.15) is 11.6 Å². The summed E-state index contributed by atoms with van der Waals surface area (Å²) in [5.74, 6) is -3.44. The number of halogens is 4. The van der Waals surface area contributed by atoms with Gasteiger partial charge in [0.05, 0.1) is 0 Å². The van der Waals surface area contributed by atoms with Crippen LogP contribution < -0.4 is 5.32 Å². The van der Waals surface area contributed by atoms with Gasteiger partial charge < -0.3 is 5.32 Å². The zero-order chi connectivity index (χ0) is 14.7. The van der Waals surface area contributed by atoms with E-state index in [-0.39, 0.29) is 24.0 Å². The average molecular weight is 283 g/mol. The fraction of sp³-hybridized carbons (Fsp3) is 0.200. The van der Waals surface area contributed by atoms with E-state index in [1.54, 1.807) is 12.1 Å². The number of nitrogens with one attached hydrogen (secondary N) is 1. The van der Waals surface area contributed by atoms with Crippen LogP contribution in [0.25, 0.3) is 0 Å². The molecule has 2 aromatic rings. The molecule has 1 N–H and O–H groups in total. The highest BCUT2D eigenvalue weighted by Gasteiger charge is 2.11. The Balaban J connectivity index is 2.05. The summed E-state index contributed by atoms with van der Waals surface area (Å²) < 4.78 is 52.1. The molecular weight excluding hydrogens is 270 g/mol. The Morgan fingerprint density at radius 3 is 2.15 bits per heavy atom. The Labute approximate surface area is 114 Å². The van der Waals surface area contributed by atoms with Crippen molar-refractivity contribution in [2.45, 2.75) is 19.5 Å². The van der Waals surface area contributed by atoms with Crippen LogP contribution in [0.15, 0.2) is 36.4 Å². The minimum Gasteiger partial charge on any atom is -0.306 e. The lowest BCUT2D eigenvalue weighted by atomic mass is 10.1. The van der Waals surface area contributed by atoms with Crippen molar-refractivity contribution >= 4 is 0 Å². The zero-order valence-corrected chi connectivity index (χ0v) is 10.8. The van der Waals surface area contributed by atoms with Crippen LogP contribution in [0.2, 0.25) is 0 Å². The highest BCUT2D eigenvalue weighted by molar-refractivity contribution is 5.22. The smallest absolute Gasteiger partial charge is 0.161 e. The molecule has 20 heavy (non-hydrogen) atoms. The third-order valence-corrected chi connectivity index (χ3v) is 3.06. The second-order valence-electron chi connectivity index (χ2n) is 4.51. The van der Waals surface area contributed by atoms with Crippen LogP contribution in [-0.2, 0) is 6.54 Å². The Morgan fingerprint density at radius 1 is 0.900 bits per heavy atom. The third kappa shape index (κ3) is 3.36. The summed E-state index contributed by atoms with van der Waals surface area (Å²) in [4.78, 5) is 0. The van der Waals surface area contributed by atoms with Crippen molar-refractivity contribution < 1.29 is 17.6 Å². The van der Waals surface area contributed by atoms with E-state index in [0.29, 0.717) is 6.07 Å². The lowest BCUT2D eigenvalue weighted by Crippen LogP contribution is -2.19. The molecule has 0 amide bonds. The molecule has 2 aromatic carbocycles. The standard InChI is InChI=1S/C15H13F4N/c1-9(10-2-4-12(16)5-3-10)20-8-11-6-14(18)15(19)7-13(11)17/h2-7,9,20H,8H2,1H3. The van der Waals surface area contributed by atoms with E-state index < -0.39 is 17.5 Å². The van der Waals surface area contributed by atoms with Crippen LogP contribution in [0.1, 0.15) is 24.1 Å². The summed E-state index contributed by atoms with van der Waals surface area (Å²) in [7, 11) is 0. The summed E-state index contributed by atoms with van der Waals surface area (Å²) in [5, 5.41) is 2.97. The van der Waals surface area contributed by atoms with Crippen molar-refractivity contribution in [2.75, 3.05) is 0 Å². The third-order valence-electron chi connectivity index (χ3n) is 3.06. The van der Waals surface area contributed by atoms with Gasteiger partial charge in [-0.2, -0.15) is 0 Å². The molecule has 0 saturated heterocycles. The molecule has 0 saturated carbocycles. The fourth-order valence-electron chi connectivity index (χ4n) is 1.83. The van der Waals surface area contributed by atoms with Crippen LogP contribution in [0.5, 0.6) is 0 Å². The first kappa shape index (κ1) is 14.5. The van der Waals surface area contributed by atoms with E-state index in [0.717, 1.165) is 11.6 Å². The summed E-state index contributed by atoms with van der Waals surface area (Å²) in [6.45, 7) is 1.85. The van der Waals surface area contributed by atoms with Gasteiger partial charge in [0, 0.05) is 24.2 Å². The Hall–Kier alpha value is -1.88. The van der Waals surface area contributed by atoms with Crippen LogP contribution >= 0.6 is 0 Å². The minimum absolute atomic E-state index is 0.0397. The average Bonchev–Trinajstić information content (AvgIpc) is 2.42. The molecule has 0 radical (unpaired) electrons. The van der Waals surface area contributed by atoms with Gasteiger partial charge >= 0.3 is 0 Å². The van der Waals surface area contributed by atoms with E-state index in [4.69, 9.17) is 0 Å². The Morgan fingerprint density at radius 2 is 1.50 bits per heavy atom. The van der Waals surface area contributed by atoms with E-state index >= 15 is 0 Å². The van der Waals surface area contributed by atoms with Gasteiger partial charge in [-0.05, 0) is 30.7 Å². The molecule has 0 spiro atoms. The monoisotopic (exact) mass is 283 g/mol. The van der Waals surface area contributed by atoms with Gasteiger partial charge in [0.25, 0.3) is 0 Å². The molecule has 5 heteroatoms. The molecule has 0 heterocycles. The van der Waals surface area contributed by atoms with Gasteiger partial charge in [-0.1, -0.05) is 12.1 Å². The maximum Gasteiger partial charge on any atom is 0.161 e. The van der Waals surface area contributed by atoms with Gasteiger partial charge in [0.15, 0.2) is 11.6 Å². The molecule has 0 aliphatic rings. The fourth-order valence-corrected chi connectivity index (χ4v) is 1.83. The lowest BCUT2D eigenvalue weighted by molar-refractivity contribution is 0.482. The van der Waals surface area contributed by atoms with E-state index in [1.165, 1.54) is 12.1 Å². The van der Waals surface area contributed by atoms with Crippen molar-refractivity contribution in [3.05, 3.63) is 70.8 Å². The van der Waals surface area contributed by atoms with E-state index in [1.807, 2.05) is 6.92 Å². The topological polar surface area (TPSA) is 12.0 Å². The van der Waals surface area contributed by atoms with Crippen molar-refractivity contribution in [2.24, 2.45) is 0 Å². The van der Waals surface area contributed by atoms with Crippen molar-refractivity contribution in [1.82, 2.24) is 5.32 Å². The predicted octanol–water partition coefficient (Wildman–Crippen LogP) is 4.09. The van der Waals surface area contributed by atoms with Gasteiger partial charge in [-0.15, -0.1) is 0 Å². The van der Waals surface area contributed by atoms with Crippen LogP contribution in [0, 0.1) is 23.3 Å². The van der Waals surface area contributed by atoms with Gasteiger partial charge in [0.2, 0.25) is 0 Å². The summed E-state index contributed by atoms with van der Waals surface area (Å²) in [6.07, 6.45) is 0. The first-order valence-electron chi connectivity index (χ1n) is 6.09. The predicted molar refractivity (Wildman–Crippen MR) is 68.0 cm³/mol. The molecule has 0 aromatic heterocycles. The zero-order valence-electron chi connectivity index (χ0n) is 10.8.